The molecule has 0 aliphatic carbocycles. The summed E-state index contributed by atoms with van der Waals surface area (Å²) in [6.07, 6.45) is 0.836. The Balaban J connectivity index is 1.87. The third-order valence-electron chi connectivity index (χ3n) is 3.75. The molecule has 1 heterocycles. The molecule has 1 aromatic heterocycles. The van der Waals surface area contributed by atoms with E-state index in [0.29, 0.717) is 16.9 Å². The zero-order chi connectivity index (χ0) is 20.5. The highest BCUT2D eigenvalue weighted by Gasteiger charge is 2.23. The van der Waals surface area contributed by atoms with Crippen LogP contribution in [0.15, 0.2) is 47.5 Å². The Morgan fingerprint density at radius 3 is 2.50 bits per heavy atom. The number of anilines is 2. The van der Waals surface area contributed by atoms with Gasteiger partial charge >= 0.3 is 0 Å². The van der Waals surface area contributed by atoms with Crippen LogP contribution < -0.4 is 10.0 Å². The van der Waals surface area contributed by atoms with Crippen LogP contribution in [0.2, 0.25) is 5.02 Å². The first-order valence-electron chi connectivity index (χ1n) is 7.81. The summed E-state index contributed by atoms with van der Waals surface area (Å²) in [6, 6.07) is 7.31. The van der Waals surface area contributed by atoms with Gasteiger partial charge in [-0.2, -0.15) is 4.39 Å². The second kappa shape index (κ2) is 7.98. The molecule has 3 aromatic rings. The normalized spacial score (nSPS) is 12.6. The molecule has 0 aliphatic rings. The quantitative estimate of drug-likeness (QED) is 0.545. The summed E-state index contributed by atoms with van der Waals surface area (Å²) in [4.78, 5) is 2.80. The van der Waals surface area contributed by atoms with Gasteiger partial charge in [-0.1, -0.05) is 41.1 Å². The molecule has 0 radical (unpaired) electrons. The van der Waals surface area contributed by atoms with Crippen molar-refractivity contribution in [2.45, 2.75) is 17.9 Å². The first kappa shape index (κ1) is 20.4. The second-order valence-corrected chi connectivity index (χ2v) is 8.76. The van der Waals surface area contributed by atoms with Gasteiger partial charge in [0, 0.05) is 5.56 Å². The molecule has 28 heavy (non-hydrogen) atoms. The summed E-state index contributed by atoms with van der Waals surface area (Å²) in [7, 11) is -4.37. The average Bonchev–Trinajstić information content (AvgIpc) is 3.02. The van der Waals surface area contributed by atoms with Crippen LogP contribution in [0, 0.1) is 16.8 Å². The first-order valence-corrected chi connectivity index (χ1v) is 10.5. The van der Waals surface area contributed by atoms with Gasteiger partial charge in [0.15, 0.2) is 10.3 Å². The van der Waals surface area contributed by atoms with Crippen molar-refractivity contribution in [2.75, 3.05) is 10.0 Å². The van der Waals surface area contributed by atoms with Crippen molar-refractivity contribution in [1.82, 2.24) is 4.98 Å². The van der Waals surface area contributed by atoms with E-state index in [-0.39, 0.29) is 15.8 Å². The van der Waals surface area contributed by atoms with E-state index >= 15 is 0 Å². The molecule has 2 N–H and O–H groups in total. The topological polar surface area (TPSA) is 71.1 Å². The van der Waals surface area contributed by atoms with Crippen LogP contribution in [0.5, 0.6) is 0 Å². The van der Waals surface area contributed by atoms with Crippen LogP contribution in [0.1, 0.15) is 18.5 Å². The summed E-state index contributed by atoms with van der Waals surface area (Å²) in [5.41, 5.74) is 0.428. The molecule has 1 atom stereocenters. The van der Waals surface area contributed by atoms with E-state index in [9.17, 15) is 21.6 Å². The zero-order valence-electron chi connectivity index (χ0n) is 14.2. The van der Waals surface area contributed by atoms with Gasteiger partial charge in [0.05, 0.1) is 22.9 Å². The van der Waals surface area contributed by atoms with Crippen LogP contribution >= 0.6 is 22.9 Å². The summed E-state index contributed by atoms with van der Waals surface area (Å²) < 4.78 is 68.0. The molecule has 3 rings (SSSR count). The van der Waals surface area contributed by atoms with E-state index in [2.05, 4.69) is 10.3 Å². The fraction of sp³-hybridized carbons (Fsp3) is 0.118. The SMILES string of the molecule is CC(Nc1cc(F)c(S(=O)(=O)Nc2ncc(F)s2)cc1Cl)c1ccccc1F. The van der Waals surface area contributed by atoms with Crippen molar-refractivity contribution in [1.29, 1.82) is 0 Å². The maximum absolute atomic E-state index is 14.5. The third kappa shape index (κ3) is 4.40. The molecule has 0 spiro atoms. The van der Waals surface area contributed by atoms with E-state index in [4.69, 9.17) is 11.6 Å². The number of hydrogen-bond donors (Lipinski definition) is 2. The highest BCUT2D eigenvalue weighted by molar-refractivity contribution is 7.93. The molecule has 0 saturated carbocycles. The minimum atomic E-state index is -4.37. The monoisotopic (exact) mass is 447 g/mol. The maximum Gasteiger partial charge on any atom is 0.266 e. The highest BCUT2D eigenvalue weighted by Crippen LogP contribution is 2.32. The molecule has 0 fully saturated rings. The van der Waals surface area contributed by atoms with Crippen molar-refractivity contribution in [3.8, 4) is 0 Å². The van der Waals surface area contributed by atoms with Gasteiger partial charge in [-0.25, -0.2) is 22.2 Å². The lowest BCUT2D eigenvalue weighted by atomic mass is 10.1. The summed E-state index contributed by atoms with van der Waals surface area (Å²) in [6.45, 7) is 1.65. The summed E-state index contributed by atoms with van der Waals surface area (Å²) in [5.74, 6) is -1.53. The van der Waals surface area contributed by atoms with Gasteiger partial charge in [0.25, 0.3) is 10.0 Å². The number of rotatable bonds is 6. The van der Waals surface area contributed by atoms with Crippen molar-refractivity contribution in [3.05, 3.63) is 69.9 Å². The largest absolute Gasteiger partial charge is 0.377 e. The van der Waals surface area contributed by atoms with Crippen LogP contribution in [-0.4, -0.2) is 13.4 Å². The molecule has 2 aromatic carbocycles. The highest BCUT2D eigenvalue weighted by atomic mass is 35.5. The minimum Gasteiger partial charge on any atom is -0.377 e. The van der Waals surface area contributed by atoms with Crippen LogP contribution in [0.25, 0.3) is 0 Å². The number of aromatic nitrogens is 1. The van der Waals surface area contributed by atoms with Gasteiger partial charge in [0.2, 0.25) is 0 Å². The van der Waals surface area contributed by atoms with Crippen molar-refractivity contribution >= 4 is 43.8 Å². The molecular formula is C17H13ClF3N3O2S2. The molecule has 0 saturated heterocycles. The average molecular weight is 448 g/mol. The first-order chi connectivity index (χ1) is 13.2. The molecule has 1 unspecified atom stereocenters. The minimum absolute atomic E-state index is 0.0877. The van der Waals surface area contributed by atoms with Crippen LogP contribution in [0.4, 0.5) is 24.0 Å². The van der Waals surface area contributed by atoms with E-state index in [0.717, 1.165) is 18.3 Å². The summed E-state index contributed by atoms with van der Waals surface area (Å²) >= 11 is 6.56. The fourth-order valence-corrected chi connectivity index (χ4v) is 4.61. The number of nitrogens with zero attached hydrogens (tertiary/aromatic N) is 1. The Hall–Kier alpha value is -2.30. The van der Waals surface area contributed by atoms with Gasteiger partial charge in [-0.05, 0) is 25.1 Å². The predicted octanol–water partition coefficient (Wildman–Crippen LogP) is 5.19. The Bertz CT molecular complexity index is 1120. The fourth-order valence-electron chi connectivity index (χ4n) is 2.45. The van der Waals surface area contributed by atoms with Crippen molar-refractivity contribution in [3.63, 3.8) is 0 Å². The van der Waals surface area contributed by atoms with Crippen molar-refractivity contribution < 1.29 is 21.6 Å². The maximum atomic E-state index is 14.5. The summed E-state index contributed by atoms with van der Waals surface area (Å²) in [5, 5.41) is 1.82. The lowest BCUT2D eigenvalue weighted by Gasteiger charge is -2.18. The lowest BCUT2D eigenvalue weighted by Crippen LogP contribution is -2.15. The lowest BCUT2D eigenvalue weighted by molar-refractivity contribution is 0.570. The van der Waals surface area contributed by atoms with Crippen LogP contribution in [-0.2, 0) is 10.0 Å². The molecule has 11 heteroatoms. The molecule has 148 valence electrons. The van der Waals surface area contributed by atoms with Gasteiger partial charge < -0.3 is 5.32 Å². The van der Waals surface area contributed by atoms with E-state index in [1.165, 1.54) is 6.07 Å². The Labute approximate surface area is 168 Å². The van der Waals surface area contributed by atoms with Gasteiger partial charge in [0.1, 0.15) is 16.5 Å². The second-order valence-electron chi connectivity index (χ2n) is 5.73. The van der Waals surface area contributed by atoms with Gasteiger partial charge in [-0.3, -0.25) is 4.72 Å². The predicted molar refractivity (Wildman–Crippen MR) is 103 cm³/mol. The number of thiazole rings is 1. The molecule has 0 aliphatic heterocycles. The zero-order valence-corrected chi connectivity index (χ0v) is 16.6. The van der Waals surface area contributed by atoms with E-state index in [1.54, 1.807) is 25.1 Å². The number of hydrogen-bond acceptors (Lipinski definition) is 5. The standard InChI is InChI=1S/C17H13ClF3N3O2S2/c1-9(10-4-2-3-5-12(10)19)23-14-7-13(20)15(6-11(14)18)28(25,26)24-17-22-8-16(21)27-17/h2-9,23H,1H3,(H,22,24). The number of nitrogens with one attached hydrogen (secondary N) is 2. The van der Waals surface area contributed by atoms with Gasteiger partial charge in [-0.15, -0.1) is 0 Å². The number of benzene rings is 2. The van der Waals surface area contributed by atoms with E-state index < -0.39 is 37.7 Å². The number of sulfonamides is 1. The molecular weight excluding hydrogens is 435 g/mol. The Morgan fingerprint density at radius 1 is 1.14 bits per heavy atom. The van der Waals surface area contributed by atoms with Crippen molar-refractivity contribution in [2.24, 2.45) is 0 Å². The Kier molecular flexibility index (Phi) is 5.82. The third-order valence-corrected chi connectivity index (χ3v) is 6.25. The molecule has 0 bridgehead atoms. The smallest absolute Gasteiger partial charge is 0.266 e. The number of halogens is 4. The Morgan fingerprint density at radius 2 is 1.86 bits per heavy atom. The van der Waals surface area contributed by atoms with E-state index in [1.807, 2.05) is 4.72 Å². The van der Waals surface area contributed by atoms with Crippen LogP contribution in [0.3, 0.4) is 0 Å². The molecule has 0 amide bonds. The molecule has 5 nitrogen and oxygen atoms in total.